The van der Waals surface area contributed by atoms with E-state index >= 15 is 0 Å². The van der Waals surface area contributed by atoms with E-state index in [0.29, 0.717) is 39.7 Å². The smallest absolute Gasteiger partial charge is 0.229 e. The molecule has 1 aliphatic carbocycles. The fraction of sp³-hybridized carbons (Fsp3) is 0.429. The van der Waals surface area contributed by atoms with Crippen molar-refractivity contribution in [1.29, 1.82) is 0 Å². The summed E-state index contributed by atoms with van der Waals surface area (Å²) in [6.07, 6.45) is 2.20. The summed E-state index contributed by atoms with van der Waals surface area (Å²) in [5.74, 6) is 2.41. The minimum Gasteiger partial charge on any atom is -0.493 e. The van der Waals surface area contributed by atoms with E-state index in [1.807, 2.05) is 0 Å². The third-order valence-corrected chi connectivity index (χ3v) is 3.51. The molecule has 1 saturated carbocycles. The third kappa shape index (κ3) is 3.11. The number of nitrogens with zero attached hydrogens (tertiary/aromatic N) is 2. The van der Waals surface area contributed by atoms with Crippen molar-refractivity contribution in [2.75, 3.05) is 7.11 Å². The lowest BCUT2D eigenvalue weighted by atomic mass is 10.2. The van der Waals surface area contributed by atoms with Gasteiger partial charge in [0.2, 0.25) is 11.7 Å². The minimum absolute atomic E-state index is 0.119. The van der Waals surface area contributed by atoms with Crippen molar-refractivity contribution < 1.29 is 19.1 Å². The summed E-state index contributed by atoms with van der Waals surface area (Å²) in [5, 5.41) is 13.4. The van der Waals surface area contributed by atoms with Crippen molar-refractivity contribution in [2.45, 2.75) is 32.0 Å². The maximum absolute atomic E-state index is 9.15. The SMILES string of the molecule is COc1cc(CO)cc(Cl)c1OCc1noc(C2CC2)n1. The molecule has 0 unspecified atom stereocenters. The van der Waals surface area contributed by atoms with Crippen LogP contribution in [-0.2, 0) is 13.2 Å². The average molecular weight is 311 g/mol. The Bertz CT molecular complexity index is 640. The molecule has 6 nitrogen and oxygen atoms in total. The van der Waals surface area contributed by atoms with Crippen LogP contribution < -0.4 is 9.47 Å². The summed E-state index contributed by atoms with van der Waals surface area (Å²) in [5.41, 5.74) is 0.653. The highest BCUT2D eigenvalue weighted by molar-refractivity contribution is 6.32. The predicted molar refractivity (Wildman–Crippen MR) is 74.5 cm³/mol. The molecule has 1 aromatic carbocycles. The number of ether oxygens (including phenoxy) is 2. The van der Waals surface area contributed by atoms with Crippen LogP contribution >= 0.6 is 11.6 Å². The maximum Gasteiger partial charge on any atom is 0.229 e. The lowest BCUT2D eigenvalue weighted by Gasteiger charge is -2.12. The number of aliphatic hydroxyl groups is 1. The van der Waals surface area contributed by atoms with Crippen molar-refractivity contribution in [2.24, 2.45) is 0 Å². The number of halogens is 1. The van der Waals surface area contributed by atoms with Crippen LogP contribution in [0.2, 0.25) is 5.02 Å². The van der Waals surface area contributed by atoms with Gasteiger partial charge in [-0.1, -0.05) is 16.8 Å². The Morgan fingerprint density at radius 1 is 1.43 bits per heavy atom. The largest absolute Gasteiger partial charge is 0.493 e. The fourth-order valence-electron chi connectivity index (χ4n) is 1.96. The lowest BCUT2D eigenvalue weighted by Crippen LogP contribution is -2.01. The van der Waals surface area contributed by atoms with Crippen LogP contribution in [0.4, 0.5) is 0 Å². The summed E-state index contributed by atoms with van der Waals surface area (Å²) in [4.78, 5) is 4.28. The minimum atomic E-state index is -0.119. The van der Waals surface area contributed by atoms with E-state index in [1.165, 1.54) is 7.11 Å². The van der Waals surface area contributed by atoms with Gasteiger partial charge in [-0.3, -0.25) is 0 Å². The second kappa shape index (κ2) is 5.91. The highest BCUT2D eigenvalue weighted by atomic mass is 35.5. The molecule has 1 N–H and O–H groups in total. The Kier molecular flexibility index (Phi) is 3.98. The van der Waals surface area contributed by atoms with Gasteiger partial charge < -0.3 is 19.1 Å². The molecule has 7 heteroatoms. The predicted octanol–water partition coefficient (Wildman–Crippen LogP) is 2.68. The highest BCUT2D eigenvalue weighted by Crippen LogP contribution is 2.39. The highest BCUT2D eigenvalue weighted by Gasteiger charge is 2.29. The zero-order valence-corrected chi connectivity index (χ0v) is 12.3. The van der Waals surface area contributed by atoms with Gasteiger partial charge in [-0.05, 0) is 30.5 Å². The summed E-state index contributed by atoms with van der Waals surface area (Å²) in [6, 6.07) is 3.30. The molecule has 0 spiro atoms. The molecule has 0 radical (unpaired) electrons. The van der Waals surface area contributed by atoms with Crippen molar-refractivity contribution in [3.63, 3.8) is 0 Å². The van der Waals surface area contributed by atoms with Crippen molar-refractivity contribution in [3.05, 3.63) is 34.4 Å². The van der Waals surface area contributed by atoms with Crippen LogP contribution in [0.5, 0.6) is 11.5 Å². The van der Waals surface area contributed by atoms with Gasteiger partial charge in [0.15, 0.2) is 18.1 Å². The fourth-order valence-corrected chi connectivity index (χ4v) is 2.25. The second-order valence-corrected chi connectivity index (χ2v) is 5.29. The van der Waals surface area contributed by atoms with E-state index in [1.54, 1.807) is 12.1 Å². The summed E-state index contributed by atoms with van der Waals surface area (Å²) < 4.78 is 16.0. The molecular weight excluding hydrogens is 296 g/mol. The van der Waals surface area contributed by atoms with Gasteiger partial charge >= 0.3 is 0 Å². The van der Waals surface area contributed by atoms with Crippen LogP contribution in [0, 0.1) is 0 Å². The van der Waals surface area contributed by atoms with Crippen LogP contribution in [0.15, 0.2) is 16.7 Å². The molecule has 0 atom stereocenters. The number of methoxy groups -OCH3 is 1. The molecule has 1 aromatic heterocycles. The van der Waals surface area contributed by atoms with Gasteiger partial charge in [-0.15, -0.1) is 0 Å². The molecule has 1 aliphatic rings. The number of aliphatic hydroxyl groups excluding tert-OH is 1. The number of aromatic nitrogens is 2. The molecule has 2 aromatic rings. The van der Waals surface area contributed by atoms with Gasteiger partial charge in [0.25, 0.3) is 0 Å². The first-order valence-corrected chi connectivity index (χ1v) is 7.01. The zero-order chi connectivity index (χ0) is 14.8. The Labute approximate surface area is 126 Å². The average Bonchev–Trinajstić information content (AvgIpc) is 3.24. The number of benzene rings is 1. The number of hydrogen-bond acceptors (Lipinski definition) is 6. The van der Waals surface area contributed by atoms with Gasteiger partial charge in [0.1, 0.15) is 0 Å². The van der Waals surface area contributed by atoms with E-state index in [9.17, 15) is 0 Å². The molecule has 0 amide bonds. The van der Waals surface area contributed by atoms with Crippen LogP contribution in [0.1, 0.15) is 36.0 Å². The molecule has 112 valence electrons. The molecule has 3 rings (SSSR count). The normalized spacial score (nSPS) is 14.2. The van der Waals surface area contributed by atoms with Crippen LogP contribution in [0.25, 0.3) is 0 Å². The summed E-state index contributed by atoms with van der Waals surface area (Å²) in [7, 11) is 1.51. The third-order valence-electron chi connectivity index (χ3n) is 3.23. The lowest BCUT2D eigenvalue weighted by molar-refractivity contribution is 0.265. The number of hydrogen-bond donors (Lipinski definition) is 1. The Morgan fingerprint density at radius 2 is 2.24 bits per heavy atom. The monoisotopic (exact) mass is 310 g/mol. The molecule has 0 saturated heterocycles. The first-order chi connectivity index (χ1) is 10.2. The Balaban J connectivity index is 1.74. The summed E-state index contributed by atoms with van der Waals surface area (Å²) >= 11 is 6.14. The molecule has 0 aliphatic heterocycles. The van der Waals surface area contributed by atoms with Gasteiger partial charge in [-0.2, -0.15) is 4.98 Å². The molecule has 0 bridgehead atoms. The Morgan fingerprint density at radius 3 is 2.90 bits per heavy atom. The summed E-state index contributed by atoms with van der Waals surface area (Å²) in [6.45, 7) is 0.0245. The zero-order valence-electron chi connectivity index (χ0n) is 11.5. The van der Waals surface area contributed by atoms with E-state index in [0.717, 1.165) is 12.8 Å². The van der Waals surface area contributed by atoms with Gasteiger partial charge in [0.05, 0.1) is 18.7 Å². The Hall–Kier alpha value is -1.79. The van der Waals surface area contributed by atoms with Crippen molar-refractivity contribution >= 4 is 11.6 Å². The first-order valence-electron chi connectivity index (χ1n) is 6.63. The van der Waals surface area contributed by atoms with E-state index < -0.39 is 0 Å². The molecule has 21 heavy (non-hydrogen) atoms. The quantitative estimate of drug-likeness (QED) is 0.884. The molecule has 1 fully saturated rings. The van der Waals surface area contributed by atoms with Gasteiger partial charge in [0, 0.05) is 5.92 Å². The second-order valence-electron chi connectivity index (χ2n) is 4.88. The van der Waals surface area contributed by atoms with Crippen molar-refractivity contribution in [3.8, 4) is 11.5 Å². The first kappa shape index (κ1) is 14.2. The molecular formula is C14H15ClN2O4. The van der Waals surface area contributed by atoms with E-state index in [4.69, 9.17) is 30.7 Å². The maximum atomic E-state index is 9.15. The van der Waals surface area contributed by atoms with E-state index in [2.05, 4.69) is 10.1 Å². The molecule has 1 heterocycles. The van der Waals surface area contributed by atoms with E-state index in [-0.39, 0.29) is 13.2 Å². The standard InChI is InChI=1S/C14H15ClN2O4/c1-19-11-5-8(6-18)4-10(15)13(11)20-7-12-16-14(21-17-12)9-2-3-9/h4-5,9,18H,2-3,6-7H2,1H3. The van der Waals surface area contributed by atoms with Crippen LogP contribution in [0.3, 0.4) is 0 Å². The topological polar surface area (TPSA) is 77.6 Å². The van der Waals surface area contributed by atoms with Gasteiger partial charge in [-0.25, -0.2) is 0 Å². The van der Waals surface area contributed by atoms with Crippen molar-refractivity contribution in [1.82, 2.24) is 10.1 Å². The van der Waals surface area contributed by atoms with Crippen LogP contribution in [-0.4, -0.2) is 22.4 Å². The number of rotatable bonds is 6.